The number of piperidine rings is 2. The number of anilines is 1. The molecule has 0 unspecified atom stereocenters. The lowest BCUT2D eigenvalue weighted by Gasteiger charge is -2.32. The maximum absolute atomic E-state index is 12.8. The van der Waals surface area contributed by atoms with Crippen LogP contribution in [0, 0.1) is 0 Å². The van der Waals surface area contributed by atoms with E-state index in [4.69, 9.17) is 0 Å². The number of pyridine rings is 1. The summed E-state index contributed by atoms with van der Waals surface area (Å²) in [6.45, 7) is 3.02. The maximum Gasteiger partial charge on any atom is 0.244 e. The Morgan fingerprint density at radius 3 is 2.34 bits per heavy atom. The molecule has 2 aromatic heterocycles. The van der Waals surface area contributed by atoms with Gasteiger partial charge in [-0.1, -0.05) is 6.42 Å². The highest BCUT2D eigenvalue weighted by atomic mass is 32.2. The lowest BCUT2D eigenvalue weighted by Crippen LogP contribution is -2.36. The lowest BCUT2D eigenvalue weighted by atomic mass is 9.96. The Labute approximate surface area is 172 Å². The van der Waals surface area contributed by atoms with E-state index < -0.39 is 10.0 Å². The summed E-state index contributed by atoms with van der Waals surface area (Å²) in [6, 6.07) is 4.17. The first-order chi connectivity index (χ1) is 14.1. The summed E-state index contributed by atoms with van der Waals surface area (Å²) in [7, 11) is -3.42. The molecule has 0 N–H and O–H groups in total. The van der Waals surface area contributed by atoms with Crippen molar-refractivity contribution >= 4 is 15.8 Å². The zero-order valence-electron chi connectivity index (χ0n) is 16.7. The summed E-state index contributed by atoms with van der Waals surface area (Å²) in [4.78, 5) is 7.04. The van der Waals surface area contributed by atoms with Gasteiger partial charge in [0.2, 0.25) is 10.0 Å². The Morgan fingerprint density at radius 2 is 1.69 bits per heavy atom. The number of aromatic nitrogens is 4. The highest BCUT2D eigenvalue weighted by Gasteiger charge is 2.31. The molecule has 5 rings (SSSR count). The minimum atomic E-state index is -3.42. The average Bonchev–Trinajstić information content (AvgIpc) is 3.51. The van der Waals surface area contributed by atoms with Crippen LogP contribution in [-0.2, 0) is 10.0 Å². The molecular weight excluding hydrogens is 388 g/mol. The molecule has 3 aliphatic rings. The van der Waals surface area contributed by atoms with Crippen LogP contribution in [0.15, 0.2) is 29.6 Å². The van der Waals surface area contributed by atoms with E-state index in [9.17, 15) is 8.42 Å². The smallest absolute Gasteiger partial charge is 0.244 e. The van der Waals surface area contributed by atoms with Gasteiger partial charge in [-0.05, 0) is 50.7 Å². The van der Waals surface area contributed by atoms with Crippen molar-refractivity contribution in [2.75, 3.05) is 31.1 Å². The van der Waals surface area contributed by atoms with Crippen molar-refractivity contribution in [2.24, 2.45) is 0 Å². The number of nitrogens with zero attached hydrogens (tertiary/aromatic N) is 6. The largest absolute Gasteiger partial charge is 0.357 e. The monoisotopic (exact) mass is 416 g/mol. The van der Waals surface area contributed by atoms with Gasteiger partial charge in [-0.25, -0.2) is 13.4 Å². The van der Waals surface area contributed by atoms with Crippen LogP contribution in [0.5, 0.6) is 0 Å². The van der Waals surface area contributed by atoms with Crippen molar-refractivity contribution < 1.29 is 8.42 Å². The number of rotatable bonds is 5. The second-order valence-corrected chi connectivity index (χ2v) is 10.3. The van der Waals surface area contributed by atoms with Crippen molar-refractivity contribution in [1.29, 1.82) is 0 Å². The van der Waals surface area contributed by atoms with Crippen LogP contribution in [0.4, 0.5) is 5.82 Å². The van der Waals surface area contributed by atoms with Crippen LogP contribution in [0.25, 0.3) is 0 Å². The van der Waals surface area contributed by atoms with Gasteiger partial charge >= 0.3 is 0 Å². The molecule has 29 heavy (non-hydrogen) atoms. The number of hydrogen-bond donors (Lipinski definition) is 0. The first-order valence-electron chi connectivity index (χ1n) is 10.7. The van der Waals surface area contributed by atoms with Crippen LogP contribution >= 0.6 is 0 Å². The molecule has 0 radical (unpaired) electrons. The summed E-state index contributed by atoms with van der Waals surface area (Å²) in [5, 5.41) is 8.52. The van der Waals surface area contributed by atoms with Gasteiger partial charge in [-0.2, -0.15) is 4.31 Å². The summed E-state index contributed by atoms with van der Waals surface area (Å²) in [5.74, 6) is 2.42. The van der Waals surface area contributed by atoms with E-state index in [-0.39, 0.29) is 0 Å². The Bertz CT molecular complexity index is 940. The fourth-order valence-corrected chi connectivity index (χ4v) is 5.97. The highest BCUT2D eigenvalue weighted by molar-refractivity contribution is 7.89. The topological polar surface area (TPSA) is 84.2 Å². The molecule has 0 bridgehead atoms. The summed E-state index contributed by atoms with van der Waals surface area (Å²) >= 11 is 0. The highest BCUT2D eigenvalue weighted by Crippen LogP contribution is 2.38. The van der Waals surface area contributed by atoms with Crippen LogP contribution in [0.3, 0.4) is 0 Å². The molecule has 0 atom stereocenters. The molecule has 0 spiro atoms. The second-order valence-electron chi connectivity index (χ2n) is 8.41. The predicted octanol–water partition coefficient (Wildman–Crippen LogP) is 2.57. The predicted molar refractivity (Wildman–Crippen MR) is 109 cm³/mol. The summed E-state index contributed by atoms with van der Waals surface area (Å²) < 4.78 is 29.5. The Kier molecular flexibility index (Phi) is 5.03. The van der Waals surface area contributed by atoms with Gasteiger partial charge in [-0.15, -0.1) is 10.2 Å². The molecule has 2 aliphatic heterocycles. The van der Waals surface area contributed by atoms with Gasteiger partial charge in [0.1, 0.15) is 22.9 Å². The van der Waals surface area contributed by atoms with Crippen LogP contribution in [-0.4, -0.2) is 58.7 Å². The minimum Gasteiger partial charge on any atom is -0.357 e. The van der Waals surface area contributed by atoms with Gasteiger partial charge in [-0.3, -0.25) is 0 Å². The fraction of sp³-hybridized carbons (Fsp3) is 0.650. The van der Waals surface area contributed by atoms with Crippen LogP contribution < -0.4 is 4.90 Å². The molecule has 0 amide bonds. The summed E-state index contributed by atoms with van der Waals surface area (Å²) in [5.41, 5.74) is 0. The van der Waals surface area contributed by atoms with E-state index in [1.165, 1.54) is 19.0 Å². The van der Waals surface area contributed by atoms with Gasteiger partial charge in [0.15, 0.2) is 0 Å². The molecule has 0 aromatic carbocycles. The van der Waals surface area contributed by atoms with Crippen LogP contribution in [0.2, 0.25) is 0 Å². The van der Waals surface area contributed by atoms with E-state index in [0.717, 1.165) is 56.8 Å². The van der Waals surface area contributed by atoms with Crippen molar-refractivity contribution in [2.45, 2.75) is 61.8 Å². The number of sulfonamides is 1. The van der Waals surface area contributed by atoms with Crippen molar-refractivity contribution in [3.05, 3.63) is 30.5 Å². The quantitative estimate of drug-likeness (QED) is 0.745. The maximum atomic E-state index is 12.8. The van der Waals surface area contributed by atoms with Gasteiger partial charge in [0, 0.05) is 44.3 Å². The molecule has 3 fully saturated rings. The zero-order valence-corrected chi connectivity index (χ0v) is 17.5. The van der Waals surface area contributed by atoms with Gasteiger partial charge in [0.05, 0.1) is 0 Å². The van der Waals surface area contributed by atoms with E-state index in [1.54, 1.807) is 10.4 Å². The molecule has 8 nitrogen and oxygen atoms in total. The third kappa shape index (κ3) is 3.77. The van der Waals surface area contributed by atoms with E-state index >= 15 is 0 Å². The lowest BCUT2D eigenvalue weighted by molar-refractivity contribution is 0.346. The Hall–Kier alpha value is -2.00. The molecule has 1 saturated carbocycles. The molecule has 2 aromatic rings. The third-order valence-corrected chi connectivity index (χ3v) is 8.28. The van der Waals surface area contributed by atoms with Crippen LogP contribution in [0.1, 0.15) is 62.7 Å². The Balaban J connectivity index is 1.24. The van der Waals surface area contributed by atoms with Gasteiger partial charge in [0.25, 0.3) is 0 Å². The van der Waals surface area contributed by atoms with Crippen molar-refractivity contribution in [3.63, 3.8) is 0 Å². The fourth-order valence-electron chi connectivity index (χ4n) is 4.51. The minimum absolute atomic E-state index is 0.301. The standard InChI is InChI=1S/C20H28N6O2S/c27-29(28,25-10-2-1-3-11-25)18-6-7-19(21-14-18)24-12-8-16(9-13-24)20-23-22-15-26(20)17-4-5-17/h6-7,14-17H,1-5,8-13H2. The first kappa shape index (κ1) is 19.0. The second kappa shape index (κ2) is 7.68. The molecule has 2 saturated heterocycles. The average molecular weight is 417 g/mol. The van der Waals surface area contributed by atoms with E-state index in [0.29, 0.717) is 29.9 Å². The van der Waals surface area contributed by atoms with Crippen molar-refractivity contribution in [1.82, 2.24) is 24.1 Å². The van der Waals surface area contributed by atoms with Gasteiger partial charge < -0.3 is 9.47 Å². The molecule has 4 heterocycles. The number of hydrogen-bond acceptors (Lipinski definition) is 6. The molecular formula is C20H28N6O2S. The summed E-state index contributed by atoms with van der Waals surface area (Å²) in [6.07, 6.45) is 10.9. The molecule has 156 valence electrons. The Morgan fingerprint density at radius 1 is 0.931 bits per heavy atom. The van der Waals surface area contributed by atoms with E-state index in [1.807, 2.05) is 12.4 Å². The molecule has 9 heteroatoms. The normalized spacial score (nSPS) is 22.1. The molecule has 1 aliphatic carbocycles. The van der Waals surface area contributed by atoms with Crippen molar-refractivity contribution in [3.8, 4) is 0 Å². The van der Waals surface area contributed by atoms with E-state index in [2.05, 4.69) is 24.6 Å². The first-order valence-corrected chi connectivity index (χ1v) is 12.2. The zero-order chi connectivity index (χ0) is 19.8. The third-order valence-electron chi connectivity index (χ3n) is 6.40. The SMILES string of the molecule is O=S(=O)(c1ccc(N2CCC(c3nncn3C3CC3)CC2)nc1)N1CCCCC1.